The van der Waals surface area contributed by atoms with Crippen LogP contribution >= 0.6 is 0 Å². The molecule has 0 saturated carbocycles. The van der Waals surface area contributed by atoms with Crippen LogP contribution in [0.1, 0.15) is 24.5 Å². The van der Waals surface area contributed by atoms with E-state index in [1.807, 2.05) is 86.6 Å². The Kier molecular flexibility index (Phi) is 7.75. The number of nitrogens with zero attached hydrogens (tertiary/aromatic N) is 1. The van der Waals surface area contributed by atoms with E-state index >= 15 is 0 Å². The van der Waals surface area contributed by atoms with Gasteiger partial charge in [0.25, 0.3) is 5.91 Å². The second kappa shape index (κ2) is 10.9. The molecule has 0 heterocycles. The maximum atomic E-state index is 12.5. The largest absolute Gasteiger partial charge is 0.483 e. The number of nitrogens with one attached hydrogen (secondary N) is 2. The summed E-state index contributed by atoms with van der Waals surface area (Å²) in [5.41, 5.74) is 7.69. The van der Waals surface area contributed by atoms with Crippen LogP contribution in [-0.2, 0) is 9.59 Å². The maximum Gasteiger partial charge on any atom is 0.277 e. The van der Waals surface area contributed by atoms with Crippen molar-refractivity contribution in [3.8, 4) is 16.9 Å². The molecule has 2 N–H and O–H groups in total. The fourth-order valence-electron chi connectivity index (χ4n) is 3.22. The lowest BCUT2D eigenvalue weighted by molar-refractivity contribution is -0.123. The average molecular weight is 430 g/mol. The van der Waals surface area contributed by atoms with Crippen LogP contribution in [0.25, 0.3) is 11.1 Å². The highest BCUT2D eigenvalue weighted by Crippen LogP contribution is 2.27. The quantitative estimate of drug-likeness (QED) is 0.396. The van der Waals surface area contributed by atoms with Crippen molar-refractivity contribution in [2.24, 2.45) is 5.10 Å². The highest BCUT2D eigenvalue weighted by Gasteiger charge is 2.10. The van der Waals surface area contributed by atoms with E-state index in [1.165, 1.54) is 0 Å². The normalized spacial score (nSPS) is 11.0. The number of para-hydroxylation sites is 1. The van der Waals surface area contributed by atoms with Gasteiger partial charge in [0.2, 0.25) is 5.91 Å². The van der Waals surface area contributed by atoms with Gasteiger partial charge in [-0.15, -0.1) is 0 Å². The molecule has 0 aromatic heterocycles. The van der Waals surface area contributed by atoms with Crippen molar-refractivity contribution in [3.05, 3.63) is 83.9 Å². The van der Waals surface area contributed by atoms with E-state index in [-0.39, 0.29) is 24.8 Å². The van der Waals surface area contributed by atoms with Crippen LogP contribution in [0, 0.1) is 13.8 Å². The van der Waals surface area contributed by atoms with E-state index in [0.717, 1.165) is 27.9 Å². The maximum absolute atomic E-state index is 12.5. The standard InChI is InChI=1S/C26H27N3O3/c1-18-13-14-24(19(2)15-18)32-17-26(31)29-28-20(3)16-25(30)27-23-12-8-7-11-22(23)21-9-5-4-6-10-21/h4-15H,16-17H2,1-3H3,(H,27,30)(H,29,31)/b28-20-. The molecule has 0 spiro atoms. The minimum absolute atomic E-state index is 0.0569. The molecule has 0 aliphatic heterocycles. The molecule has 0 unspecified atom stereocenters. The zero-order valence-corrected chi connectivity index (χ0v) is 18.5. The zero-order valence-electron chi connectivity index (χ0n) is 18.5. The first-order valence-corrected chi connectivity index (χ1v) is 10.4. The summed E-state index contributed by atoms with van der Waals surface area (Å²) in [5.74, 6) is 0.0532. The molecule has 0 saturated heterocycles. The van der Waals surface area contributed by atoms with Crippen LogP contribution in [0.4, 0.5) is 5.69 Å². The molecule has 0 atom stereocenters. The van der Waals surface area contributed by atoms with E-state index in [0.29, 0.717) is 11.5 Å². The molecule has 164 valence electrons. The van der Waals surface area contributed by atoms with Crippen molar-refractivity contribution >= 4 is 23.2 Å². The third-order valence-electron chi connectivity index (χ3n) is 4.76. The van der Waals surface area contributed by atoms with Gasteiger partial charge in [0.05, 0.1) is 6.42 Å². The van der Waals surface area contributed by atoms with Crippen molar-refractivity contribution in [1.29, 1.82) is 0 Å². The van der Waals surface area contributed by atoms with Gasteiger partial charge in [-0.3, -0.25) is 9.59 Å². The monoisotopic (exact) mass is 429 g/mol. The van der Waals surface area contributed by atoms with Gasteiger partial charge in [-0.25, -0.2) is 5.43 Å². The average Bonchev–Trinajstić information content (AvgIpc) is 2.78. The van der Waals surface area contributed by atoms with Gasteiger partial charge in [-0.1, -0.05) is 66.2 Å². The number of hydrogen-bond acceptors (Lipinski definition) is 4. The SMILES string of the molecule is C/C(CC(=O)Nc1ccccc1-c1ccccc1)=N/NC(=O)COc1ccc(C)cc1C. The first-order valence-electron chi connectivity index (χ1n) is 10.4. The predicted molar refractivity (Wildman–Crippen MR) is 128 cm³/mol. The Morgan fingerprint density at radius 2 is 1.62 bits per heavy atom. The second-order valence-electron chi connectivity index (χ2n) is 7.58. The number of carbonyl (C=O) groups excluding carboxylic acids is 2. The molecule has 6 heteroatoms. The van der Waals surface area contributed by atoms with Gasteiger partial charge in [0, 0.05) is 17.0 Å². The number of hydrogen-bond donors (Lipinski definition) is 2. The molecular formula is C26H27N3O3. The summed E-state index contributed by atoms with van der Waals surface area (Å²) in [4.78, 5) is 24.5. The topological polar surface area (TPSA) is 79.8 Å². The summed E-state index contributed by atoms with van der Waals surface area (Å²) in [7, 11) is 0. The first-order chi connectivity index (χ1) is 15.4. The molecule has 0 aliphatic carbocycles. The van der Waals surface area contributed by atoms with E-state index in [4.69, 9.17) is 4.74 Å². The smallest absolute Gasteiger partial charge is 0.277 e. The molecule has 3 aromatic rings. The van der Waals surface area contributed by atoms with Crippen LogP contribution in [0.15, 0.2) is 77.9 Å². The summed E-state index contributed by atoms with van der Waals surface area (Å²) >= 11 is 0. The summed E-state index contributed by atoms with van der Waals surface area (Å²) in [6.07, 6.45) is 0.0569. The van der Waals surface area contributed by atoms with Crippen LogP contribution in [-0.4, -0.2) is 24.1 Å². The lowest BCUT2D eigenvalue weighted by Crippen LogP contribution is -2.26. The zero-order chi connectivity index (χ0) is 22.9. The molecule has 0 aliphatic rings. The van der Waals surface area contributed by atoms with Crippen molar-refractivity contribution < 1.29 is 14.3 Å². The Morgan fingerprint density at radius 3 is 2.38 bits per heavy atom. The van der Waals surface area contributed by atoms with Gasteiger partial charge < -0.3 is 10.1 Å². The number of carbonyl (C=O) groups is 2. The minimum Gasteiger partial charge on any atom is -0.483 e. The van der Waals surface area contributed by atoms with Gasteiger partial charge >= 0.3 is 0 Å². The highest BCUT2D eigenvalue weighted by atomic mass is 16.5. The number of anilines is 1. The van der Waals surface area contributed by atoms with Crippen LogP contribution in [0.2, 0.25) is 0 Å². The van der Waals surface area contributed by atoms with Crippen LogP contribution in [0.5, 0.6) is 5.75 Å². The summed E-state index contributed by atoms with van der Waals surface area (Å²) in [6, 6.07) is 23.2. The highest BCUT2D eigenvalue weighted by molar-refractivity contribution is 6.07. The number of hydrazone groups is 1. The molecule has 2 amide bonds. The second-order valence-corrected chi connectivity index (χ2v) is 7.58. The lowest BCUT2D eigenvalue weighted by Gasteiger charge is -2.11. The number of amides is 2. The molecule has 0 radical (unpaired) electrons. The number of aryl methyl sites for hydroxylation is 2. The Balaban J connectivity index is 1.52. The number of ether oxygens (including phenoxy) is 1. The molecular weight excluding hydrogens is 402 g/mol. The van der Waals surface area contributed by atoms with Gasteiger partial charge in [0.1, 0.15) is 5.75 Å². The van der Waals surface area contributed by atoms with Crippen LogP contribution in [0.3, 0.4) is 0 Å². The number of benzene rings is 3. The third kappa shape index (κ3) is 6.54. The third-order valence-corrected chi connectivity index (χ3v) is 4.76. The van der Waals surface area contributed by atoms with E-state index in [2.05, 4.69) is 15.8 Å². The lowest BCUT2D eigenvalue weighted by atomic mass is 10.0. The summed E-state index contributed by atoms with van der Waals surface area (Å²) in [6.45, 7) is 5.46. The molecule has 0 fully saturated rings. The molecule has 0 bridgehead atoms. The molecule has 32 heavy (non-hydrogen) atoms. The van der Waals surface area contributed by atoms with Crippen molar-refractivity contribution in [3.63, 3.8) is 0 Å². The fourth-order valence-corrected chi connectivity index (χ4v) is 3.22. The molecule has 3 aromatic carbocycles. The van der Waals surface area contributed by atoms with E-state index in [1.54, 1.807) is 6.92 Å². The van der Waals surface area contributed by atoms with Gasteiger partial charge in [-0.05, 0) is 44.0 Å². The molecule has 6 nitrogen and oxygen atoms in total. The first kappa shape index (κ1) is 22.7. The van der Waals surface area contributed by atoms with Crippen molar-refractivity contribution in [1.82, 2.24) is 5.43 Å². The Hall–Kier alpha value is -3.93. The summed E-state index contributed by atoms with van der Waals surface area (Å²) < 4.78 is 5.54. The van der Waals surface area contributed by atoms with Gasteiger partial charge in [-0.2, -0.15) is 5.10 Å². The fraction of sp³-hybridized carbons (Fsp3) is 0.192. The number of rotatable bonds is 8. The Morgan fingerprint density at radius 1 is 0.906 bits per heavy atom. The summed E-state index contributed by atoms with van der Waals surface area (Å²) in [5, 5.41) is 6.94. The van der Waals surface area contributed by atoms with E-state index in [9.17, 15) is 9.59 Å². The molecule has 3 rings (SSSR count). The Labute approximate surface area is 188 Å². The predicted octanol–water partition coefficient (Wildman–Crippen LogP) is 4.87. The van der Waals surface area contributed by atoms with Crippen LogP contribution < -0.4 is 15.5 Å². The van der Waals surface area contributed by atoms with Crippen molar-refractivity contribution in [2.45, 2.75) is 27.2 Å². The van der Waals surface area contributed by atoms with Gasteiger partial charge in [0.15, 0.2) is 6.61 Å². The Bertz CT molecular complexity index is 1120. The minimum atomic E-state index is -0.390. The van der Waals surface area contributed by atoms with Crippen molar-refractivity contribution in [2.75, 3.05) is 11.9 Å². The van der Waals surface area contributed by atoms with E-state index < -0.39 is 0 Å².